The van der Waals surface area contributed by atoms with E-state index in [4.69, 9.17) is 5.73 Å². The van der Waals surface area contributed by atoms with Crippen LogP contribution in [-0.2, 0) is 6.42 Å². The number of para-hydroxylation sites is 2. The lowest BCUT2D eigenvalue weighted by molar-refractivity contribution is 0.0954. The third-order valence-electron chi connectivity index (χ3n) is 3.17. The van der Waals surface area contributed by atoms with Crippen LogP contribution in [0.4, 0.5) is 5.82 Å². The molecule has 4 N–H and O–H groups in total. The molecule has 0 spiro atoms. The molecule has 0 aliphatic heterocycles. The van der Waals surface area contributed by atoms with Crippen LogP contribution in [0.2, 0.25) is 0 Å². The highest BCUT2D eigenvalue weighted by atomic mass is 16.1. The molecule has 0 aliphatic rings. The summed E-state index contributed by atoms with van der Waals surface area (Å²) in [5, 5.41) is 2.81. The van der Waals surface area contributed by atoms with E-state index in [9.17, 15) is 4.79 Å². The van der Waals surface area contributed by atoms with Crippen molar-refractivity contribution < 1.29 is 4.79 Å². The highest BCUT2D eigenvalue weighted by molar-refractivity contribution is 5.98. The summed E-state index contributed by atoms with van der Waals surface area (Å²) in [6.45, 7) is 0.479. The number of nitrogens with two attached hydrogens (primary N) is 1. The van der Waals surface area contributed by atoms with Crippen molar-refractivity contribution in [2.45, 2.75) is 6.42 Å². The van der Waals surface area contributed by atoms with Gasteiger partial charge in [-0.3, -0.25) is 4.79 Å². The zero-order valence-corrected chi connectivity index (χ0v) is 11.3. The molecule has 0 atom stereocenters. The van der Waals surface area contributed by atoms with E-state index in [1.165, 1.54) is 0 Å². The SMILES string of the molecule is Nc1ncccc1C(=O)NCCc1nc2ccccc2[nH]1. The summed E-state index contributed by atoms with van der Waals surface area (Å²) >= 11 is 0. The van der Waals surface area contributed by atoms with Gasteiger partial charge in [0, 0.05) is 19.2 Å². The van der Waals surface area contributed by atoms with Gasteiger partial charge in [-0.1, -0.05) is 12.1 Å². The maximum atomic E-state index is 12.0. The second kappa shape index (κ2) is 5.62. The summed E-state index contributed by atoms with van der Waals surface area (Å²) in [4.78, 5) is 23.5. The number of rotatable bonds is 4. The molecule has 1 aromatic carbocycles. The number of anilines is 1. The highest BCUT2D eigenvalue weighted by Gasteiger charge is 2.09. The van der Waals surface area contributed by atoms with E-state index in [0.29, 0.717) is 18.5 Å². The number of pyridine rings is 1. The number of hydrogen-bond acceptors (Lipinski definition) is 4. The number of nitrogens with zero attached hydrogens (tertiary/aromatic N) is 2. The van der Waals surface area contributed by atoms with Crippen LogP contribution in [0.25, 0.3) is 11.0 Å². The summed E-state index contributed by atoms with van der Waals surface area (Å²) in [6, 6.07) is 11.2. The molecule has 3 aromatic rings. The molecule has 3 rings (SSSR count). The number of aromatic amines is 1. The topological polar surface area (TPSA) is 96.7 Å². The first-order chi connectivity index (χ1) is 10.2. The Hall–Kier alpha value is -2.89. The summed E-state index contributed by atoms with van der Waals surface area (Å²) in [5.41, 5.74) is 7.98. The van der Waals surface area contributed by atoms with Crippen molar-refractivity contribution in [3.05, 3.63) is 54.0 Å². The molecule has 0 unspecified atom stereocenters. The molecule has 0 bridgehead atoms. The van der Waals surface area contributed by atoms with Gasteiger partial charge in [-0.2, -0.15) is 0 Å². The van der Waals surface area contributed by atoms with Crippen LogP contribution >= 0.6 is 0 Å². The summed E-state index contributed by atoms with van der Waals surface area (Å²) in [5.74, 6) is 0.853. The molecule has 0 saturated heterocycles. The predicted octanol–water partition coefficient (Wildman–Crippen LogP) is 1.51. The van der Waals surface area contributed by atoms with Gasteiger partial charge in [0.05, 0.1) is 16.6 Å². The molecule has 21 heavy (non-hydrogen) atoms. The quantitative estimate of drug-likeness (QED) is 0.675. The average molecular weight is 281 g/mol. The number of imidazole rings is 1. The van der Waals surface area contributed by atoms with Crippen molar-refractivity contribution in [2.24, 2.45) is 0 Å². The predicted molar refractivity (Wildman–Crippen MR) is 80.8 cm³/mol. The Morgan fingerprint density at radius 1 is 1.24 bits per heavy atom. The molecule has 6 nitrogen and oxygen atoms in total. The van der Waals surface area contributed by atoms with E-state index < -0.39 is 0 Å². The van der Waals surface area contributed by atoms with Crippen LogP contribution in [-0.4, -0.2) is 27.4 Å². The van der Waals surface area contributed by atoms with Gasteiger partial charge < -0.3 is 16.0 Å². The maximum Gasteiger partial charge on any atom is 0.255 e. The number of nitrogen functional groups attached to an aromatic ring is 1. The van der Waals surface area contributed by atoms with Gasteiger partial charge in [0.2, 0.25) is 0 Å². The van der Waals surface area contributed by atoms with Crippen LogP contribution in [0.3, 0.4) is 0 Å². The lowest BCUT2D eigenvalue weighted by atomic mass is 10.2. The van der Waals surface area contributed by atoms with E-state index in [1.54, 1.807) is 18.3 Å². The molecule has 0 aliphatic carbocycles. The molecule has 2 aromatic heterocycles. The van der Waals surface area contributed by atoms with Gasteiger partial charge in [-0.05, 0) is 24.3 Å². The Kier molecular flexibility index (Phi) is 3.51. The third kappa shape index (κ3) is 2.84. The molecule has 6 heteroatoms. The molecular weight excluding hydrogens is 266 g/mol. The van der Waals surface area contributed by atoms with E-state index in [1.807, 2.05) is 24.3 Å². The summed E-state index contributed by atoms with van der Waals surface area (Å²) < 4.78 is 0. The summed E-state index contributed by atoms with van der Waals surface area (Å²) in [6.07, 6.45) is 2.18. The van der Waals surface area contributed by atoms with Gasteiger partial charge >= 0.3 is 0 Å². The standard InChI is InChI=1S/C15H15N5O/c16-14-10(4-3-8-17-14)15(21)18-9-7-13-19-11-5-1-2-6-12(11)20-13/h1-6,8H,7,9H2,(H2,16,17)(H,18,21)(H,19,20). The Morgan fingerprint density at radius 2 is 2.10 bits per heavy atom. The highest BCUT2D eigenvalue weighted by Crippen LogP contribution is 2.10. The van der Waals surface area contributed by atoms with Crippen LogP contribution in [0, 0.1) is 0 Å². The average Bonchev–Trinajstić information content (AvgIpc) is 2.90. The van der Waals surface area contributed by atoms with Crippen molar-refractivity contribution in [3.63, 3.8) is 0 Å². The number of fused-ring (bicyclic) bond motifs is 1. The minimum atomic E-state index is -0.225. The van der Waals surface area contributed by atoms with Gasteiger partial charge in [0.15, 0.2) is 0 Å². The van der Waals surface area contributed by atoms with E-state index >= 15 is 0 Å². The molecule has 106 valence electrons. The molecule has 2 heterocycles. The van der Waals surface area contributed by atoms with Gasteiger partial charge in [-0.15, -0.1) is 0 Å². The van der Waals surface area contributed by atoms with Crippen molar-refractivity contribution in [2.75, 3.05) is 12.3 Å². The number of amides is 1. The van der Waals surface area contributed by atoms with Crippen molar-refractivity contribution in [1.29, 1.82) is 0 Å². The second-order valence-corrected chi connectivity index (χ2v) is 4.64. The third-order valence-corrected chi connectivity index (χ3v) is 3.17. The number of carbonyl (C=O) groups is 1. The Balaban J connectivity index is 1.61. The van der Waals surface area contributed by atoms with Gasteiger partial charge in [-0.25, -0.2) is 9.97 Å². The fraction of sp³-hybridized carbons (Fsp3) is 0.133. The Morgan fingerprint density at radius 3 is 2.90 bits per heavy atom. The van der Waals surface area contributed by atoms with Crippen LogP contribution in [0.5, 0.6) is 0 Å². The Labute approximate surface area is 121 Å². The molecular formula is C15H15N5O. The zero-order valence-electron chi connectivity index (χ0n) is 11.3. The van der Waals surface area contributed by atoms with E-state index in [-0.39, 0.29) is 11.7 Å². The van der Waals surface area contributed by atoms with E-state index in [2.05, 4.69) is 20.3 Å². The number of H-pyrrole nitrogens is 1. The number of benzene rings is 1. The number of carbonyl (C=O) groups excluding carboxylic acids is 1. The maximum absolute atomic E-state index is 12.0. The van der Waals surface area contributed by atoms with Crippen LogP contribution in [0.15, 0.2) is 42.6 Å². The molecule has 0 radical (unpaired) electrons. The monoisotopic (exact) mass is 281 g/mol. The first-order valence-electron chi connectivity index (χ1n) is 6.66. The largest absolute Gasteiger partial charge is 0.383 e. The van der Waals surface area contributed by atoms with Crippen molar-refractivity contribution in [3.8, 4) is 0 Å². The smallest absolute Gasteiger partial charge is 0.255 e. The number of aromatic nitrogens is 3. The minimum Gasteiger partial charge on any atom is -0.383 e. The lowest BCUT2D eigenvalue weighted by Crippen LogP contribution is -2.27. The normalized spacial score (nSPS) is 10.7. The lowest BCUT2D eigenvalue weighted by Gasteiger charge is -2.05. The van der Waals surface area contributed by atoms with Crippen LogP contribution < -0.4 is 11.1 Å². The first kappa shape index (κ1) is 13.1. The number of hydrogen-bond donors (Lipinski definition) is 3. The van der Waals surface area contributed by atoms with Gasteiger partial charge in [0.25, 0.3) is 5.91 Å². The molecule has 0 saturated carbocycles. The van der Waals surface area contributed by atoms with E-state index in [0.717, 1.165) is 16.9 Å². The van der Waals surface area contributed by atoms with Crippen molar-refractivity contribution >= 4 is 22.8 Å². The molecule has 0 fully saturated rings. The Bertz CT molecular complexity index is 747. The fourth-order valence-corrected chi connectivity index (χ4v) is 2.12. The van der Waals surface area contributed by atoms with Crippen LogP contribution in [0.1, 0.15) is 16.2 Å². The van der Waals surface area contributed by atoms with Gasteiger partial charge in [0.1, 0.15) is 11.6 Å². The zero-order chi connectivity index (χ0) is 14.7. The first-order valence-corrected chi connectivity index (χ1v) is 6.66. The van der Waals surface area contributed by atoms with Crippen molar-refractivity contribution in [1.82, 2.24) is 20.3 Å². The number of nitrogens with one attached hydrogen (secondary N) is 2. The fourth-order valence-electron chi connectivity index (χ4n) is 2.12. The molecule has 1 amide bonds. The summed E-state index contributed by atoms with van der Waals surface area (Å²) in [7, 11) is 0. The minimum absolute atomic E-state index is 0.225. The second-order valence-electron chi connectivity index (χ2n) is 4.64.